The van der Waals surface area contributed by atoms with Gasteiger partial charge in [-0.1, -0.05) is 37.8 Å². The smallest absolute Gasteiger partial charge is 0.303 e. The van der Waals surface area contributed by atoms with Gasteiger partial charge >= 0.3 is 5.97 Å². The Balaban J connectivity index is 0.00000512. The van der Waals surface area contributed by atoms with Gasteiger partial charge in [0.05, 0.1) is 0 Å². The average molecular weight is 444 g/mol. The third-order valence-corrected chi connectivity index (χ3v) is 4.48. The lowest BCUT2D eigenvalue weighted by Gasteiger charge is -2.19. The molecule has 1 aromatic heterocycles. The molecule has 0 aliphatic rings. The Morgan fingerprint density at radius 2 is 1.59 bits per heavy atom. The Morgan fingerprint density at radius 3 is 2.28 bits per heavy atom. The summed E-state index contributed by atoms with van der Waals surface area (Å²) in [5, 5.41) is 17.4. The first-order valence-corrected chi connectivity index (χ1v) is 10.4. The number of hydrogen-bond acceptors (Lipinski definition) is 6. The largest absolute Gasteiger partial charge is 0.481 e. The van der Waals surface area contributed by atoms with Crippen LogP contribution in [0.2, 0.25) is 0 Å². The number of carboxylic acid groups (broad SMARTS) is 1. The van der Waals surface area contributed by atoms with Crippen LogP contribution in [0.4, 0.5) is 5.95 Å². The van der Waals surface area contributed by atoms with Crippen molar-refractivity contribution in [1.82, 2.24) is 20.6 Å². The summed E-state index contributed by atoms with van der Waals surface area (Å²) in [5.74, 6) is -0.959. The van der Waals surface area contributed by atoms with Gasteiger partial charge in [0.25, 0.3) is 0 Å². The monoisotopic (exact) mass is 443 g/mol. The molecule has 2 aromatic rings. The molecule has 4 N–H and O–H groups in total. The minimum atomic E-state index is -0.945. The van der Waals surface area contributed by atoms with E-state index in [1.165, 1.54) is 0 Å². The van der Waals surface area contributed by atoms with Crippen molar-refractivity contribution in [2.75, 3.05) is 18.4 Å². The van der Waals surface area contributed by atoms with E-state index in [4.69, 9.17) is 5.11 Å². The summed E-state index contributed by atoms with van der Waals surface area (Å²) in [5.41, 5.74) is 0.931. The predicted octanol–water partition coefficient (Wildman–Crippen LogP) is 2.40. The second-order valence-electron chi connectivity index (χ2n) is 7.05. The van der Waals surface area contributed by atoms with Gasteiger partial charge in [-0.2, -0.15) is 0 Å². The van der Waals surface area contributed by atoms with Gasteiger partial charge in [-0.15, -0.1) is 0 Å². The molecular weight excluding hydrogens is 410 g/mol. The van der Waals surface area contributed by atoms with Gasteiger partial charge in [0.1, 0.15) is 6.04 Å². The van der Waals surface area contributed by atoms with Crippen molar-refractivity contribution >= 4 is 23.7 Å². The van der Waals surface area contributed by atoms with Crippen LogP contribution in [0.15, 0.2) is 48.8 Å². The Hall–Kier alpha value is -3.49. The Kier molecular flexibility index (Phi) is 12.7. The van der Waals surface area contributed by atoms with E-state index in [0.29, 0.717) is 25.5 Å². The van der Waals surface area contributed by atoms with Crippen LogP contribution in [0.1, 0.15) is 45.1 Å². The van der Waals surface area contributed by atoms with Crippen LogP contribution in [-0.4, -0.2) is 52.0 Å². The lowest BCUT2D eigenvalue weighted by Crippen LogP contribution is -2.48. The van der Waals surface area contributed by atoms with Crippen molar-refractivity contribution in [1.29, 1.82) is 0 Å². The first kappa shape index (κ1) is 26.5. The fourth-order valence-electron chi connectivity index (χ4n) is 2.90. The van der Waals surface area contributed by atoms with Gasteiger partial charge < -0.3 is 21.1 Å². The number of benzene rings is 1. The third-order valence-electron chi connectivity index (χ3n) is 4.48. The minimum absolute atomic E-state index is 0. The quantitative estimate of drug-likeness (QED) is 0.330. The molecule has 0 saturated heterocycles. The second-order valence-corrected chi connectivity index (χ2v) is 7.05. The van der Waals surface area contributed by atoms with Crippen molar-refractivity contribution in [3.8, 4) is 0 Å². The van der Waals surface area contributed by atoms with Crippen molar-refractivity contribution in [2.24, 2.45) is 0 Å². The fourth-order valence-corrected chi connectivity index (χ4v) is 2.90. The number of nitrogens with zero attached hydrogens (tertiary/aromatic N) is 2. The normalized spacial score (nSPS) is 11.0. The molecule has 2 amide bonds. The molecule has 1 aromatic carbocycles. The lowest BCUT2D eigenvalue weighted by molar-refractivity contribution is -0.137. The van der Waals surface area contributed by atoms with E-state index >= 15 is 0 Å². The van der Waals surface area contributed by atoms with Gasteiger partial charge in [0, 0.05) is 44.7 Å². The summed E-state index contributed by atoms with van der Waals surface area (Å²) in [6.45, 7) is 1.17. The maximum absolute atomic E-state index is 12.7. The zero-order valence-electron chi connectivity index (χ0n) is 17.4. The van der Waals surface area contributed by atoms with E-state index in [9.17, 15) is 14.4 Å². The van der Waals surface area contributed by atoms with Gasteiger partial charge in [-0.25, -0.2) is 9.97 Å². The molecule has 9 heteroatoms. The molecule has 32 heavy (non-hydrogen) atoms. The highest BCUT2D eigenvalue weighted by atomic mass is 16.4. The van der Waals surface area contributed by atoms with E-state index in [1.807, 2.05) is 30.3 Å². The van der Waals surface area contributed by atoms with Gasteiger partial charge in [0.2, 0.25) is 17.8 Å². The van der Waals surface area contributed by atoms with Gasteiger partial charge in [0.15, 0.2) is 0 Å². The number of anilines is 1. The molecular formula is C23H33N5O4. The molecule has 0 fully saturated rings. The van der Waals surface area contributed by atoms with Crippen LogP contribution < -0.4 is 16.0 Å². The molecule has 0 unspecified atom stereocenters. The highest BCUT2D eigenvalue weighted by Crippen LogP contribution is 2.05. The van der Waals surface area contributed by atoms with Crippen LogP contribution >= 0.6 is 0 Å². The number of hydrogen-bond donors (Lipinski definition) is 4. The molecule has 0 radical (unpaired) electrons. The molecule has 1 atom stereocenters. The third kappa shape index (κ3) is 11.1. The summed E-state index contributed by atoms with van der Waals surface area (Å²) < 4.78 is 0. The lowest BCUT2D eigenvalue weighted by atomic mass is 10.0. The zero-order chi connectivity index (χ0) is 22.3. The number of aliphatic carboxylic acids is 1. The Bertz CT molecular complexity index is 818. The van der Waals surface area contributed by atoms with Crippen LogP contribution in [0.25, 0.3) is 0 Å². The Morgan fingerprint density at radius 1 is 0.906 bits per heavy atom. The minimum Gasteiger partial charge on any atom is -0.481 e. The van der Waals surface area contributed by atoms with Crippen molar-refractivity contribution in [3.05, 3.63) is 54.4 Å². The van der Waals surface area contributed by atoms with E-state index in [2.05, 4.69) is 25.9 Å². The molecule has 1 heterocycles. The summed E-state index contributed by atoms with van der Waals surface area (Å²) in [6, 6.07) is 10.5. The second kappa shape index (κ2) is 15.3. The van der Waals surface area contributed by atoms with Crippen molar-refractivity contribution < 1.29 is 19.5 Å². The number of aromatic nitrogens is 2. The van der Waals surface area contributed by atoms with E-state index in [-0.39, 0.29) is 38.5 Å². The molecule has 2 rings (SSSR count). The van der Waals surface area contributed by atoms with E-state index in [1.54, 1.807) is 18.5 Å². The number of rotatable bonds is 14. The number of nitrogens with one attached hydrogen (secondary N) is 3. The van der Waals surface area contributed by atoms with Gasteiger partial charge in [-0.05, 0) is 30.9 Å². The standard InChI is InChI=1S/C22H29N5O4.CH4/c28-19(10-6-11-20(29)30)27-18(16-17-8-2-1-3-9-17)21(31)23-12-4-5-13-24-22-25-14-7-15-26-22;/h1-3,7-9,14-15,18H,4-6,10-13,16H2,(H,23,31)(H,27,28)(H,29,30)(H,24,25,26);1H4/t18-;/m0./s1. The topological polar surface area (TPSA) is 133 Å². The molecule has 0 bridgehead atoms. The van der Waals surface area contributed by atoms with E-state index in [0.717, 1.165) is 18.4 Å². The number of amides is 2. The number of carbonyl (C=O) groups excluding carboxylic acids is 2. The summed E-state index contributed by atoms with van der Waals surface area (Å²) >= 11 is 0. The average Bonchev–Trinajstić information content (AvgIpc) is 2.76. The molecule has 0 aliphatic heterocycles. The molecule has 174 valence electrons. The van der Waals surface area contributed by atoms with Crippen molar-refractivity contribution in [3.63, 3.8) is 0 Å². The van der Waals surface area contributed by atoms with Crippen LogP contribution in [0.3, 0.4) is 0 Å². The predicted molar refractivity (Wildman–Crippen MR) is 123 cm³/mol. The van der Waals surface area contributed by atoms with E-state index < -0.39 is 12.0 Å². The summed E-state index contributed by atoms with van der Waals surface area (Å²) in [6.07, 6.45) is 5.50. The first-order valence-electron chi connectivity index (χ1n) is 10.4. The Labute approximate surface area is 189 Å². The molecule has 0 aliphatic carbocycles. The SMILES string of the molecule is C.O=C(O)CCCC(=O)N[C@@H](Cc1ccccc1)C(=O)NCCCCNc1ncccn1. The number of unbranched alkanes of at least 4 members (excludes halogenated alkanes) is 1. The first-order chi connectivity index (χ1) is 15.0. The maximum atomic E-state index is 12.7. The summed E-state index contributed by atoms with van der Waals surface area (Å²) in [7, 11) is 0. The van der Waals surface area contributed by atoms with Crippen LogP contribution in [0.5, 0.6) is 0 Å². The molecule has 9 nitrogen and oxygen atoms in total. The van der Waals surface area contributed by atoms with Crippen molar-refractivity contribution in [2.45, 2.75) is 52.0 Å². The highest BCUT2D eigenvalue weighted by Gasteiger charge is 2.21. The highest BCUT2D eigenvalue weighted by molar-refractivity contribution is 5.88. The molecule has 0 spiro atoms. The van der Waals surface area contributed by atoms with Crippen LogP contribution in [-0.2, 0) is 20.8 Å². The molecule has 0 saturated carbocycles. The summed E-state index contributed by atoms with van der Waals surface area (Å²) in [4.78, 5) is 43.6. The zero-order valence-corrected chi connectivity index (χ0v) is 17.4. The maximum Gasteiger partial charge on any atom is 0.303 e. The number of carboxylic acids is 1. The van der Waals surface area contributed by atoms with Gasteiger partial charge in [-0.3, -0.25) is 14.4 Å². The fraction of sp³-hybridized carbons (Fsp3) is 0.435. The van der Waals surface area contributed by atoms with Crippen LogP contribution in [0, 0.1) is 0 Å². The number of carbonyl (C=O) groups is 3.